The number of nitrogens with zero attached hydrogens (tertiary/aromatic N) is 3. The Kier molecular flexibility index (Phi) is 4.57. The molecule has 0 saturated carbocycles. The Labute approximate surface area is 143 Å². The molecule has 0 aliphatic heterocycles. The zero-order valence-corrected chi connectivity index (χ0v) is 13.6. The van der Waals surface area contributed by atoms with Crippen molar-refractivity contribution >= 4 is 23.2 Å². The summed E-state index contributed by atoms with van der Waals surface area (Å²) in [6.07, 6.45) is 5.77. The van der Waals surface area contributed by atoms with Gasteiger partial charge in [0.15, 0.2) is 0 Å². The number of benzene rings is 1. The van der Waals surface area contributed by atoms with E-state index in [1.54, 1.807) is 18.5 Å². The van der Waals surface area contributed by atoms with Gasteiger partial charge >= 0.3 is 0 Å². The Morgan fingerprint density at radius 1 is 1.25 bits per heavy atom. The number of carbonyl (C=O) groups is 1. The molecule has 0 aliphatic carbocycles. The van der Waals surface area contributed by atoms with Crippen molar-refractivity contribution in [3.63, 3.8) is 0 Å². The average Bonchev–Trinajstić information content (AvgIpc) is 2.94. The van der Waals surface area contributed by atoms with Crippen molar-refractivity contribution in [1.29, 1.82) is 0 Å². The summed E-state index contributed by atoms with van der Waals surface area (Å²) in [5, 5.41) is 7.28. The molecule has 0 radical (unpaired) electrons. The molecule has 0 aliphatic rings. The van der Waals surface area contributed by atoms with Gasteiger partial charge in [-0.25, -0.2) is 4.39 Å². The molecule has 3 rings (SSSR count). The predicted octanol–water partition coefficient (Wildman–Crippen LogP) is 3.68. The largest absolute Gasteiger partial charge is 0.324 e. The number of pyridine rings is 1. The van der Waals surface area contributed by atoms with Gasteiger partial charge in [-0.1, -0.05) is 23.7 Å². The first-order chi connectivity index (χ1) is 11.5. The normalized spacial score (nSPS) is 10.6. The second kappa shape index (κ2) is 6.80. The Hall–Kier alpha value is -2.73. The molecule has 1 aromatic carbocycles. The molecule has 0 spiro atoms. The van der Waals surface area contributed by atoms with Crippen LogP contribution < -0.4 is 5.32 Å². The summed E-state index contributed by atoms with van der Waals surface area (Å²) in [7, 11) is 0. The van der Waals surface area contributed by atoms with Crippen molar-refractivity contribution in [3.05, 3.63) is 65.5 Å². The van der Waals surface area contributed by atoms with E-state index >= 15 is 0 Å². The van der Waals surface area contributed by atoms with Crippen molar-refractivity contribution in [2.75, 3.05) is 5.32 Å². The quantitative estimate of drug-likeness (QED) is 0.785. The highest BCUT2D eigenvalue weighted by molar-refractivity contribution is 6.30. The number of hydrogen-bond acceptors (Lipinski definition) is 3. The zero-order valence-electron chi connectivity index (χ0n) is 12.8. The van der Waals surface area contributed by atoms with E-state index in [0.29, 0.717) is 16.3 Å². The molecule has 3 aromatic rings. The SMILES string of the molecule is Cc1ccc(-c2cncc(F)c2)cc1NC(=O)Cn1cc(Cl)cn1. The number of halogens is 2. The summed E-state index contributed by atoms with van der Waals surface area (Å²) < 4.78 is 14.8. The second-order valence-corrected chi connectivity index (χ2v) is 5.76. The molecule has 1 amide bonds. The molecule has 2 heterocycles. The van der Waals surface area contributed by atoms with Crippen molar-refractivity contribution in [1.82, 2.24) is 14.8 Å². The third kappa shape index (κ3) is 3.78. The van der Waals surface area contributed by atoms with Crippen LogP contribution in [0.15, 0.2) is 49.1 Å². The first-order valence-electron chi connectivity index (χ1n) is 7.20. The van der Waals surface area contributed by atoms with Crippen LogP contribution in [-0.4, -0.2) is 20.7 Å². The maximum absolute atomic E-state index is 13.3. The smallest absolute Gasteiger partial charge is 0.246 e. The number of carbonyl (C=O) groups excluding carboxylic acids is 1. The molecule has 2 aromatic heterocycles. The molecule has 7 heteroatoms. The first kappa shape index (κ1) is 16.1. The van der Waals surface area contributed by atoms with Crippen LogP contribution in [0.25, 0.3) is 11.1 Å². The maximum Gasteiger partial charge on any atom is 0.246 e. The van der Waals surface area contributed by atoms with Crippen molar-refractivity contribution in [3.8, 4) is 11.1 Å². The molecule has 122 valence electrons. The number of nitrogens with one attached hydrogen (secondary N) is 1. The van der Waals surface area contributed by atoms with Crippen LogP contribution >= 0.6 is 11.6 Å². The van der Waals surface area contributed by atoms with Crippen molar-refractivity contribution < 1.29 is 9.18 Å². The lowest BCUT2D eigenvalue weighted by molar-refractivity contribution is -0.116. The summed E-state index contributed by atoms with van der Waals surface area (Å²) >= 11 is 5.78. The number of rotatable bonds is 4. The van der Waals surface area contributed by atoms with Gasteiger partial charge in [-0.3, -0.25) is 14.5 Å². The van der Waals surface area contributed by atoms with Crippen LogP contribution in [0, 0.1) is 12.7 Å². The molecular formula is C17H14ClFN4O. The summed E-state index contributed by atoms with van der Waals surface area (Å²) in [5.74, 6) is -0.637. The predicted molar refractivity (Wildman–Crippen MR) is 90.2 cm³/mol. The van der Waals surface area contributed by atoms with Crippen molar-refractivity contribution in [2.45, 2.75) is 13.5 Å². The van der Waals surface area contributed by atoms with Gasteiger partial charge in [0.1, 0.15) is 12.4 Å². The van der Waals surface area contributed by atoms with Gasteiger partial charge in [0.2, 0.25) is 5.91 Å². The molecule has 0 fully saturated rings. The lowest BCUT2D eigenvalue weighted by atomic mass is 10.0. The minimum atomic E-state index is -0.408. The van der Waals surface area contributed by atoms with E-state index in [-0.39, 0.29) is 12.5 Å². The number of aromatic nitrogens is 3. The third-order valence-corrected chi connectivity index (χ3v) is 3.65. The van der Waals surface area contributed by atoms with Gasteiger partial charge in [0.05, 0.1) is 17.4 Å². The van der Waals surface area contributed by atoms with E-state index in [1.807, 2.05) is 19.1 Å². The number of amides is 1. The lowest BCUT2D eigenvalue weighted by Gasteiger charge is -2.11. The van der Waals surface area contributed by atoms with Crippen LogP contribution in [0.4, 0.5) is 10.1 Å². The first-order valence-corrected chi connectivity index (χ1v) is 7.58. The Morgan fingerprint density at radius 2 is 2.08 bits per heavy atom. The van der Waals surface area contributed by atoms with E-state index in [0.717, 1.165) is 17.3 Å². The van der Waals surface area contributed by atoms with Crippen LogP contribution in [-0.2, 0) is 11.3 Å². The van der Waals surface area contributed by atoms with Gasteiger partial charge in [-0.05, 0) is 30.2 Å². The molecule has 0 atom stereocenters. The van der Waals surface area contributed by atoms with Crippen LogP contribution in [0.2, 0.25) is 5.02 Å². The number of aryl methyl sites for hydroxylation is 1. The fraction of sp³-hybridized carbons (Fsp3) is 0.118. The average molecular weight is 345 g/mol. The Bertz CT molecular complexity index is 894. The van der Waals surface area contributed by atoms with Gasteiger partial charge < -0.3 is 5.32 Å². The number of anilines is 1. The van der Waals surface area contributed by atoms with Crippen LogP contribution in [0.1, 0.15) is 5.56 Å². The highest BCUT2D eigenvalue weighted by atomic mass is 35.5. The van der Waals surface area contributed by atoms with Gasteiger partial charge in [-0.2, -0.15) is 5.10 Å². The molecule has 24 heavy (non-hydrogen) atoms. The minimum Gasteiger partial charge on any atom is -0.324 e. The molecular weight excluding hydrogens is 331 g/mol. The maximum atomic E-state index is 13.3. The third-order valence-electron chi connectivity index (χ3n) is 3.46. The summed E-state index contributed by atoms with van der Waals surface area (Å²) in [5.41, 5.74) is 2.96. The number of hydrogen-bond donors (Lipinski definition) is 1. The van der Waals surface area contributed by atoms with Gasteiger partial charge in [-0.15, -0.1) is 0 Å². The molecule has 0 bridgehead atoms. The molecule has 5 nitrogen and oxygen atoms in total. The Balaban J connectivity index is 1.80. The zero-order chi connectivity index (χ0) is 17.1. The highest BCUT2D eigenvalue weighted by Gasteiger charge is 2.09. The van der Waals surface area contributed by atoms with Gasteiger partial charge in [0.25, 0.3) is 0 Å². The molecule has 0 saturated heterocycles. The summed E-state index contributed by atoms with van der Waals surface area (Å²) in [4.78, 5) is 16.0. The Morgan fingerprint density at radius 3 is 2.79 bits per heavy atom. The topological polar surface area (TPSA) is 59.8 Å². The monoisotopic (exact) mass is 344 g/mol. The minimum absolute atomic E-state index is 0.0535. The fourth-order valence-corrected chi connectivity index (χ4v) is 2.42. The summed E-state index contributed by atoms with van der Waals surface area (Å²) in [6.45, 7) is 1.94. The van der Waals surface area contributed by atoms with Crippen LogP contribution in [0.5, 0.6) is 0 Å². The standard InChI is InChI=1S/C17H14ClFN4O/c1-11-2-3-12(13-4-15(19)8-20-6-13)5-16(11)22-17(24)10-23-9-14(18)7-21-23/h2-9H,10H2,1H3,(H,22,24). The van der Waals surface area contributed by atoms with E-state index in [9.17, 15) is 9.18 Å². The summed E-state index contributed by atoms with van der Waals surface area (Å²) in [6, 6.07) is 6.91. The van der Waals surface area contributed by atoms with E-state index < -0.39 is 5.82 Å². The van der Waals surface area contributed by atoms with E-state index in [1.165, 1.54) is 16.9 Å². The van der Waals surface area contributed by atoms with E-state index in [4.69, 9.17) is 11.6 Å². The molecule has 0 unspecified atom stereocenters. The second-order valence-electron chi connectivity index (χ2n) is 5.33. The fourth-order valence-electron chi connectivity index (χ4n) is 2.27. The van der Waals surface area contributed by atoms with Crippen molar-refractivity contribution in [2.24, 2.45) is 0 Å². The van der Waals surface area contributed by atoms with Gasteiger partial charge in [0, 0.05) is 23.6 Å². The van der Waals surface area contributed by atoms with E-state index in [2.05, 4.69) is 15.4 Å². The van der Waals surface area contributed by atoms with Crippen LogP contribution in [0.3, 0.4) is 0 Å². The highest BCUT2D eigenvalue weighted by Crippen LogP contribution is 2.25. The lowest BCUT2D eigenvalue weighted by Crippen LogP contribution is -2.19. The molecule has 1 N–H and O–H groups in total.